The third-order valence-corrected chi connectivity index (χ3v) is 14.3. The van der Waals surface area contributed by atoms with Crippen molar-refractivity contribution in [2.75, 3.05) is 0 Å². The first kappa shape index (κ1) is 10.2. The van der Waals surface area contributed by atoms with E-state index in [2.05, 4.69) is 24.8 Å². The van der Waals surface area contributed by atoms with Gasteiger partial charge in [0.1, 0.15) is 0 Å². The van der Waals surface area contributed by atoms with Crippen LogP contribution < -0.4 is 0 Å². The van der Waals surface area contributed by atoms with Crippen LogP contribution in [-0.2, 0) is 4.74 Å². The summed E-state index contributed by atoms with van der Waals surface area (Å²) in [6, 6.07) is 0. The highest BCUT2D eigenvalue weighted by atomic mass is 32.6. The molecule has 0 aromatic rings. The first-order valence-electron chi connectivity index (χ1n) is 4.39. The Morgan fingerprint density at radius 2 is 2.08 bits per heavy atom. The number of ether oxygens (including phenoxy) is 1. The molecule has 2 aliphatic rings. The largest absolute Gasteiger partial charge is 0.374 e. The molecular formula is C7H16OP4. The lowest BCUT2D eigenvalue weighted by atomic mass is 9.90. The van der Waals surface area contributed by atoms with E-state index in [9.17, 15) is 0 Å². The molecule has 0 spiro atoms. The van der Waals surface area contributed by atoms with Crippen molar-refractivity contribution in [3.8, 4) is 0 Å². The topological polar surface area (TPSA) is 9.23 Å². The van der Waals surface area contributed by atoms with Crippen LogP contribution in [0.1, 0.15) is 19.8 Å². The second kappa shape index (κ2) is 4.04. The second-order valence-corrected chi connectivity index (χ2v) is 13.2. The maximum absolute atomic E-state index is 5.92. The molecule has 0 saturated carbocycles. The summed E-state index contributed by atoms with van der Waals surface area (Å²) in [4.78, 5) is 0. The molecule has 0 radical (unpaired) electrons. The van der Waals surface area contributed by atoms with Crippen LogP contribution in [0.4, 0.5) is 0 Å². The van der Waals surface area contributed by atoms with Crippen LogP contribution >= 0.6 is 33.1 Å². The Balaban J connectivity index is 2.06. The molecule has 12 heavy (non-hydrogen) atoms. The van der Waals surface area contributed by atoms with Gasteiger partial charge in [-0.1, -0.05) is 22.2 Å². The van der Waals surface area contributed by atoms with Gasteiger partial charge >= 0.3 is 0 Å². The summed E-state index contributed by atoms with van der Waals surface area (Å²) in [5, 5.41) is 0. The molecule has 5 heteroatoms. The molecule has 70 valence electrons. The summed E-state index contributed by atoms with van der Waals surface area (Å²) < 4.78 is 5.92. The lowest BCUT2D eigenvalue weighted by Gasteiger charge is -2.29. The highest BCUT2D eigenvalue weighted by Crippen LogP contribution is 2.73. The van der Waals surface area contributed by atoms with Crippen LogP contribution in [0.3, 0.4) is 0 Å². The molecule has 6 unspecified atom stereocenters. The Labute approximate surface area is 81.8 Å². The first-order valence-corrected chi connectivity index (χ1v) is 11.1. The third kappa shape index (κ3) is 1.62. The molecule has 8 atom stereocenters. The summed E-state index contributed by atoms with van der Waals surface area (Å²) >= 11 is 0. The van der Waals surface area contributed by atoms with Crippen LogP contribution in [0.5, 0.6) is 0 Å². The Bertz CT molecular complexity index is 175. The average Bonchev–Trinajstić information content (AvgIpc) is 2.63. The highest BCUT2D eigenvalue weighted by Gasteiger charge is 2.48. The van der Waals surface area contributed by atoms with Gasteiger partial charge in [0.2, 0.25) is 0 Å². The Morgan fingerprint density at radius 3 is 2.58 bits per heavy atom. The second-order valence-electron chi connectivity index (χ2n) is 3.68. The maximum atomic E-state index is 5.92. The summed E-state index contributed by atoms with van der Waals surface area (Å²) in [5.74, 6) is 0.820. The van der Waals surface area contributed by atoms with Crippen molar-refractivity contribution in [1.29, 1.82) is 0 Å². The molecule has 2 heterocycles. The van der Waals surface area contributed by atoms with E-state index in [1.54, 1.807) is 0 Å². The Hall–Kier alpha value is 1.68. The van der Waals surface area contributed by atoms with Crippen molar-refractivity contribution in [2.45, 2.75) is 37.6 Å². The summed E-state index contributed by atoms with van der Waals surface area (Å²) in [6.45, 7) is 2.37. The van der Waals surface area contributed by atoms with E-state index in [0.29, 0.717) is 12.2 Å². The van der Waals surface area contributed by atoms with Gasteiger partial charge in [0.05, 0.1) is 12.2 Å². The molecule has 0 aliphatic carbocycles. The summed E-state index contributed by atoms with van der Waals surface area (Å²) in [7, 11) is 7.12. The minimum absolute atomic E-state index is 0.149. The number of hydrogen-bond acceptors (Lipinski definition) is 1. The number of rotatable bonds is 2. The van der Waals surface area contributed by atoms with Gasteiger partial charge in [0.15, 0.2) is 0 Å². The molecular weight excluding hydrogens is 224 g/mol. The van der Waals surface area contributed by atoms with Crippen molar-refractivity contribution in [3.63, 3.8) is 0 Å². The maximum Gasteiger partial charge on any atom is 0.0657 e. The van der Waals surface area contributed by atoms with Gasteiger partial charge in [-0.15, -0.1) is 17.9 Å². The van der Waals surface area contributed by atoms with Crippen LogP contribution in [0.2, 0.25) is 0 Å². The fraction of sp³-hybridized carbons (Fsp3) is 1.00. The molecule has 1 nitrogen and oxygen atoms in total. The molecule has 2 rings (SSSR count). The lowest BCUT2D eigenvalue weighted by Crippen LogP contribution is -2.26. The smallest absolute Gasteiger partial charge is 0.0657 e. The van der Waals surface area contributed by atoms with Crippen LogP contribution in [-0.4, -0.2) is 17.9 Å². The van der Waals surface area contributed by atoms with Crippen molar-refractivity contribution in [2.24, 2.45) is 5.92 Å². The molecule has 0 aromatic heterocycles. The zero-order chi connectivity index (χ0) is 8.72. The van der Waals surface area contributed by atoms with Gasteiger partial charge in [0, 0.05) is 5.66 Å². The van der Waals surface area contributed by atoms with Gasteiger partial charge < -0.3 is 4.74 Å². The Kier molecular flexibility index (Phi) is 3.44. The van der Waals surface area contributed by atoms with Crippen LogP contribution in [0.15, 0.2) is 0 Å². The fourth-order valence-corrected chi connectivity index (χ4v) is 8.51. The predicted octanol–water partition coefficient (Wildman–Crippen LogP) is 3.21. The average molecular weight is 240 g/mol. The minimum atomic E-state index is 0.149. The van der Waals surface area contributed by atoms with E-state index in [4.69, 9.17) is 4.74 Å². The SMILES string of the molecule is C[C@H]1C2CCC(O2)[C@H]1P(P)PP. The van der Waals surface area contributed by atoms with E-state index in [1.165, 1.54) is 12.8 Å². The number of fused-ring (bicyclic) bond motifs is 2. The van der Waals surface area contributed by atoms with Crippen LogP contribution in [0.25, 0.3) is 0 Å². The lowest BCUT2D eigenvalue weighted by molar-refractivity contribution is 0.0953. The van der Waals surface area contributed by atoms with E-state index < -0.39 is 0 Å². The zero-order valence-electron chi connectivity index (χ0n) is 7.23. The quantitative estimate of drug-likeness (QED) is 0.673. The van der Waals surface area contributed by atoms with Gasteiger partial charge in [-0.2, -0.15) is 0 Å². The predicted molar refractivity (Wildman–Crippen MR) is 65.5 cm³/mol. The Morgan fingerprint density at radius 1 is 1.42 bits per heavy atom. The molecule has 0 aromatic carbocycles. The van der Waals surface area contributed by atoms with E-state index >= 15 is 0 Å². The standard InChI is InChI=1S/C7H16OP4/c1-4-5-2-3-6(8-5)7(4)12(10)11-9/h4-7,11H,2-3,9-10H2,1H3/t4-,5?,6?,7-,12?/m0/s1. The van der Waals surface area contributed by atoms with Gasteiger partial charge in [-0.3, -0.25) is 0 Å². The van der Waals surface area contributed by atoms with E-state index in [-0.39, 0.29) is 7.30 Å². The molecule has 2 saturated heterocycles. The summed E-state index contributed by atoms with van der Waals surface area (Å²) in [6.07, 6.45) is 3.85. The molecule has 2 aliphatic heterocycles. The van der Waals surface area contributed by atoms with Crippen molar-refractivity contribution in [3.05, 3.63) is 0 Å². The molecule has 2 bridgehead atoms. The minimum Gasteiger partial charge on any atom is -0.374 e. The van der Waals surface area contributed by atoms with Gasteiger partial charge in [0.25, 0.3) is 0 Å². The van der Waals surface area contributed by atoms with E-state index in [1.807, 2.05) is 0 Å². The normalized spacial score (nSPS) is 49.2. The van der Waals surface area contributed by atoms with Gasteiger partial charge in [-0.05, 0) is 18.8 Å². The van der Waals surface area contributed by atoms with Gasteiger partial charge in [-0.25, -0.2) is 0 Å². The molecule has 0 amide bonds. The van der Waals surface area contributed by atoms with Crippen molar-refractivity contribution in [1.82, 2.24) is 0 Å². The highest BCUT2D eigenvalue weighted by molar-refractivity contribution is 8.61. The zero-order valence-corrected chi connectivity index (χ0v) is 11.4. The monoisotopic (exact) mass is 240 g/mol. The van der Waals surface area contributed by atoms with E-state index in [0.717, 1.165) is 19.5 Å². The molecule has 0 N–H and O–H groups in total. The first-order chi connectivity index (χ1) is 5.74. The van der Waals surface area contributed by atoms with Crippen molar-refractivity contribution >= 4 is 33.1 Å². The third-order valence-electron chi connectivity index (χ3n) is 3.06. The fourth-order valence-electron chi connectivity index (χ4n) is 2.40. The summed E-state index contributed by atoms with van der Waals surface area (Å²) in [5.41, 5.74) is 0.875. The number of hydrogen-bond donors (Lipinski definition) is 0. The van der Waals surface area contributed by atoms with Crippen molar-refractivity contribution < 1.29 is 4.74 Å². The van der Waals surface area contributed by atoms with Crippen LogP contribution in [0, 0.1) is 5.92 Å². The molecule has 2 fully saturated rings.